The van der Waals surface area contributed by atoms with E-state index in [0.29, 0.717) is 23.8 Å². The van der Waals surface area contributed by atoms with Crippen LogP contribution in [0.1, 0.15) is 59.3 Å². The Morgan fingerprint density at radius 3 is 2.36 bits per heavy atom. The Hall–Kier alpha value is -2.88. The number of nitrogens with one attached hydrogen (secondary N) is 3. The Morgan fingerprint density at radius 1 is 1.06 bits per heavy atom. The molecule has 36 heavy (non-hydrogen) atoms. The molecule has 2 heterocycles. The lowest BCUT2D eigenvalue weighted by atomic mass is 9.90. The predicted molar refractivity (Wildman–Crippen MR) is 135 cm³/mol. The fourth-order valence-electron chi connectivity index (χ4n) is 5.27. The van der Waals surface area contributed by atoms with Gasteiger partial charge >= 0.3 is 6.09 Å². The van der Waals surface area contributed by atoms with Gasteiger partial charge in [-0.3, -0.25) is 19.8 Å². The molecule has 2 saturated heterocycles. The van der Waals surface area contributed by atoms with Crippen molar-refractivity contribution in [2.45, 2.75) is 83.0 Å². The van der Waals surface area contributed by atoms with E-state index >= 15 is 0 Å². The molecule has 1 atom stereocenters. The summed E-state index contributed by atoms with van der Waals surface area (Å²) in [7, 11) is 0. The molecular formula is C26H38FN5O4. The van der Waals surface area contributed by atoms with Crippen LogP contribution < -0.4 is 20.9 Å². The molecule has 4 rings (SSSR count). The zero-order valence-corrected chi connectivity index (χ0v) is 21.4. The number of benzene rings is 1. The van der Waals surface area contributed by atoms with Crippen molar-refractivity contribution in [1.82, 2.24) is 15.5 Å². The van der Waals surface area contributed by atoms with Gasteiger partial charge in [0.2, 0.25) is 11.8 Å². The lowest BCUT2D eigenvalue weighted by Crippen LogP contribution is -2.52. The van der Waals surface area contributed by atoms with Gasteiger partial charge in [0.05, 0.1) is 5.69 Å². The van der Waals surface area contributed by atoms with E-state index in [9.17, 15) is 18.8 Å². The van der Waals surface area contributed by atoms with Crippen LogP contribution in [0, 0.1) is 5.82 Å². The highest BCUT2D eigenvalue weighted by atomic mass is 19.1. The minimum absolute atomic E-state index is 0.152. The van der Waals surface area contributed by atoms with Gasteiger partial charge in [-0.15, -0.1) is 0 Å². The van der Waals surface area contributed by atoms with Crippen LogP contribution in [0.15, 0.2) is 18.2 Å². The number of halogens is 1. The van der Waals surface area contributed by atoms with Crippen molar-refractivity contribution >= 4 is 29.3 Å². The average molecular weight is 504 g/mol. The number of piperazine rings is 1. The number of amides is 3. The van der Waals surface area contributed by atoms with Crippen LogP contribution in [0.2, 0.25) is 0 Å². The van der Waals surface area contributed by atoms with Gasteiger partial charge in [0.1, 0.15) is 17.5 Å². The van der Waals surface area contributed by atoms with Gasteiger partial charge in [0.15, 0.2) is 0 Å². The van der Waals surface area contributed by atoms with Crippen LogP contribution in [-0.2, 0) is 14.3 Å². The maximum atomic E-state index is 15.0. The van der Waals surface area contributed by atoms with E-state index in [1.807, 2.05) is 20.8 Å². The number of hydrogen-bond donors (Lipinski definition) is 3. The molecule has 9 nitrogen and oxygen atoms in total. The van der Waals surface area contributed by atoms with Gasteiger partial charge < -0.3 is 20.3 Å². The molecule has 1 aromatic carbocycles. The summed E-state index contributed by atoms with van der Waals surface area (Å²) < 4.78 is 20.3. The molecule has 0 spiro atoms. The number of ether oxygens (including phenoxy) is 1. The number of anilines is 2. The fourth-order valence-corrected chi connectivity index (χ4v) is 5.27. The topological polar surface area (TPSA) is 103 Å². The molecule has 0 aromatic heterocycles. The second kappa shape index (κ2) is 11.0. The van der Waals surface area contributed by atoms with Crippen LogP contribution in [0.4, 0.5) is 20.6 Å². The number of hydrogen-bond acceptors (Lipinski definition) is 7. The summed E-state index contributed by atoms with van der Waals surface area (Å²) >= 11 is 0. The van der Waals surface area contributed by atoms with Crippen LogP contribution in [0.25, 0.3) is 0 Å². The Morgan fingerprint density at radius 2 is 1.75 bits per heavy atom. The van der Waals surface area contributed by atoms with E-state index in [1.54, 1.807) is 12.1 Å². The summed E-state index contributed by atoms with van der Waals surface area (Å²) in [6.07, 6.45) is 4.23. The average Bonchev–Trinajstić information content (AvgIpc) is 2.80. The molecule has 3 aliphatic rings. The second-order valence-corrected chi connectivity index (χ2v) is 11.0. The van der Waals surface area contributed by atoms with Crippen LogP contribution >= 0.6 is 0 Å². The maximum absolute atomic E-state index is 15.0. The first-order chi connectivity index (χ1) is 17.1. The number of carbonyl (C=O) groups excluding carboxylic acids is 3. The quantitative estimate of drug-likeness (QED) is 0.531. The number of carbonyl (C=O) groups is 3. The Labute approximate surface area is 212 Å². The zero-order valence-electron chi connectivity index (χ0n) is 21.4. The molecule has 3 fully saturated rings. The molecule has 1 saturated carbocycles. The van der Waals surface area contributed by atoms with Crippen molar-refractivity contribution in [3.8, 4) is 0 Å². The summed E-state index contributed by atoms with van der Waals surface area (Å²) in [6, 6.07) is 5.06. The first kappa shape index (κ1) is 26.2. The number of rotatable bonds is 5. The summed E-state index contributed by atoms with van der Waals surface area (Å²) in [5.74, 6) is -0.972. The molecular weight excluding hydrogens is 465 g/mol. The molecule has 1 unspecified atom stereocenters. The molecule has 3 N–H and O–H groups in total. The highest BCUT2D eigenvalue weighted by molar-refractivity contribution is 6.01. The number of nitrogens with zero attached hydrogens (tertiary/aromatic N) is 2. The second-order valence-electron chi connectivity index (χ2n) is 11.0. The highest BCUT2D eigenvalue weighted by Crippen LogP contribution is 2.28. The van der Waals surface area contributed by atoms with E-state index in [2.05, 4.69) is 25.8 Å². The third-order valence-electron chi connectivity index (χ3n) is 7.12. The van der Waals surface area contributed by atoms with Crippen LogP contribution in [0.5, 0.6) is 0 Å². The largest absolute Gasteiger partial charge is 0.444 e. The Balaban J connectivity index is 1.23. The van der Waals surface area contributed by atoms with Gasteiger partial charge in [-0.25, -0.2) is 9.18 Å². The standard InChI is InChI=1S/C26H38FN5O4/c1-26(2,3)36-25(35)29-17-4-7-19(8-5-17)31-12-14-32(15-13-31)22-10-6-18(16-20(22)27)28-21-9-11-23(33)30-24(21)34/h6,10,16-17,19,21,28H,4-5,7-9,11-15H2,1-3H3,(H,29,35)(H,30,33,34). The van der Waals surface area contributed by atoms with Crippen molar-refractivity contribution in [3.63, 3.8) is 0 Å². The highest BCUT2D eigenvalue weighted by Gasteiger charge is 2.31. The van der Waals surface area contributed by atoms with Crippen molar-refractivity contribution in [3.05, 3.63) is 24.0 Å². The monoisotopic (exact) mass is 503 g/mol. The smallest absolute Gasteiger partial charge is 0.407 e. The molecule has 1 aliphatic carbocycles. The fraction of sp³-hybridized carbons (Fsp3) is 0.654. The van der Waals surface area contributed by atoms with Gasteiger partial charge in [-0.05, 0) is 71.1 Å². The molecule has 3 amide bonds. The first-order valence-electron chi connectivity index (χ1n) is 13.0. The van der Waals surface area contributed by atoms with Crippen molar-refractivity contribution in [2.75, 3.05) is 36.4 Å². The number of imide groups is 1. The summed E-state index contributed by atoms with van der Waals surface area (Å²) in [4.78, 5) is 39.9. The normalized spacial score (nSPS) is 25.8. The van der Waals surface area contributed by atoms with E-state index < -0.39 is 11.6 Å². The van der Waals surface area contributed by atoms with Gasteiger partial charge in [-0.2, -0.15) is 0 Å². The molecule has 10 heteroatoms. The van der Waals surface area contributed by atoms with Crippen molar-refractivity contribution in [1.29, 1.82) is 0 Å². The number of alkyl carbamates (subject to hydrolysis) is 1. The molecule has 1 aromatic rings. The predicted octanol–water partition coefficient (Wildman–Crippen LogP) is 3.00. The molecule has 2 aliphatic heterocycles. The van der Waals surface area contributed by atoms with Crippen LogP contribution in [0.3, 0.4) is 0 Å². The van der Waals surface area contributed by atoms with Crippen molar-refractivity contribution in [2.24, 2.45) is 0 Å². The minimum Gasteiger partial charge on any atom is -0.444 e. The molecule has 0 bridgehead atoms. The zero-order chi connectivity index (χ0) is 25.9. The molecule has 0 radical (unpaired) electrons. The van der Waals surface area contributed by atoms with Crippen LogP contribution in [-0.4, -0.2) is 72.7 Å². The first-order valence-corrected chi connectivity index (χ1v) is 13.0. The third-order valence-corrected chi connectivity index (χ3v) is 7.12. The maximum Gasteiger partial charge on any atom is 0.407 e. The number of piperidine rings is 1. The Kier molecular flexibility index (Phi) is 8.02. The van der Waals surface area contributed by atoms with Gasteiger partial charge in [0.25, 0.3) is 0 Å². The third kappa shape index (κ3) is 6.87. The summed E-state index contributed by atoms with van der Waals surface area (Å²) in [6.45, 7) is 8.81. The Bertz CT molecular complexity index is 966. The molecule has 198 valence electrons. The van der Waals surface area contributed by atoms with E-state index in [1.165, 1.54) is 6.07 Å². The van der Waals surface area contributed by atoms with E-state index in [0.717, 1.165) is 51.9 Å². The van der Waals surface area contributed by atoms with Crippen molar-refractivity contribution < 1.29 is 23.5 Å². The lowest BCUT2D eigenvalue weighted by molar-refractivity contribution is -0.133. The summed E-state index contributed by atoms with van der Waals surface area (Å²) in [5.41, 5.74) is 0.597. The lowest BCUT2D eigenvalue weighted by Gasteiger charge is -2.42. The van der Waals surface area contributed by atoms with Gasteiger partial charge in [-0.1, -0.05) is 0 Å². The van der Waals surface area contributed by atoms with Gasteiger partial charge in [0, 0.05) is 50.4 Å². The summed E-state index contributed by atoms with van der Waals surface area (Å²) in [5, 5.41) is 8.34. The minimum atomic E-state index is -0.536. The van der Waals surface area contributed by atoms with E-state index in [-0.39, 0.29) is 36.2 Å². The SMILES string of the molecule is CC(C)(C)OC(=O)NC1CCC(N2CCN(c3ccc(NC4CCC(=O)NC4=O)cc3F)CC2)CC1. The van der Waals surface area contributed by atoms with E-state index in [4.69, 9.17) is 4.74 Å².